The summed E-state index contributed by atoms with van der Waals surface area (Å²) in [7, 11) is 1.96. The average molecular weight is 328 g/mol. The number of thiocarbonyl (C=S) groups is 1. The van der Waals surface area contributed by atoms with Crippen LogP contribution in [0, 0.1) is 6.92 Å². The van der Waals surface area contributed by atoms with Gasteiger partial charge in [0.25, 0.3) is 0 Å². The van der Waals surface area contributed by atoms with E-state index >= 15 is 0 Å². The highest BCUT2D eigenvalue weighted by atomic mass is 32.1. The Morgan fingerprint density at radius 1 is 1.17 bits per heavy atom. The van der Waals surface area contributed by atoms with E-state index in [1.165, 1.54) is 0 Å². The zero-order valence-electron chi connectivity index (χ0n) is 13.3. The topological polar surface area (TPSA) is 33.7 Å². The molecule has 0 spiro atoms. The summed E-state index contributed by atoms with van der Waals surface area (Å²) in [6.45, 7) is 3.24. The maximum absolute atomic E-state index is 5.97. The number of hydrogen-bond donors (Lipinski definition) is 1. The van der Waals surface area contributed by atoms with Crippen LogP contribution in [0.15, 0.2) is 48.5 Å². The van der Waals surface area contributed by atoms with Gasteiger partial charge in [-0.05, 0) is 42.9 Å². The van der Waals surface area contributed by atoms with Gasteiger partial charge in [-0.25, -0.2) is 0 Å². The number of aryl methyl sites for hydroxylation is 1. The van der Waals surface area contributed by atoms with Crippen molar-refractivity contribution in [1.82, 2.24) is 4.90 Å². The number of para-hydroxylation sites is 3. The molecule has 1 heterocycles. The van der Waals surface area contributed by atoms with Gasteiger partial charge in [-0.1, -0.05) is 30.3 Å². The zero-order chi connectivity index (χ0) is 16.2. The Balaban J connectivity index is 1.58. The van der Waals surface area contributed by atoms with Gasteiger partial charge in [-0.3, -0.25) is 0 Å². The van der Waals surface area contributed by atoms with E-state index in [1.807, 2.05) is 54.4 Å². The Kier molecular flexibility index (Phi) is 4.67. The minimum Gasteiger partial charge on any atom is -0.486 e. The fourth-order valence-electron chi connectivity index (χ4n) is 2.47. The van der Waals surface area contributed by atoms with Crippen LogP contribution in [0.1, 0.15) is 5.56 Å². The van der Waals surface area contributed by atoms with Crippen LogP contribution in [-0.4, -0.2) is 36.3 Å². The zero-order valence-corrected chi connectivity index (χ0v) is 14.1. The van der Waals surface area contributed by atoms with E-state index in [0.717, 1.165) is 22.7 Å². The van der Waals surface area contributed by atoms with Gasteiger partial charge in [0, 0.05) is 12.7 Å². The third kappa shape index (κ3) is 3.74. The Morgan fingerprint density at radius 2 is 1.87 bits per heavy atom. The van der Waals surface area contributed by atoms with Crippen LogP contribution >= 0.6 is 12.2 Å². The Morgan fingerprint density at radius 3 is 2.65 bits per heavy atom. The van der Waals surface area contributed by atoms with Crippen LogP contribution in [0.5, 0.6) is 11.5 Å². The SMILES string of the molecule is Cc1ccccc1NC(=S)N(C)C[C@H]1COc2ccccc2O1. The van der Waals surface area contributed by atoms with Gasteiger partial charge >= 0.3 is 0 Å². The molecular weight excluding hydrogens is 308 g/mol. The maximum atomic E-state index is 5.97. The van der Waals surface area contributed by atoms with E-state index in [4.69, 9.17) is 21.7 Å². The highest BCUT2D eigenvalue weighted by Gasteiger charge is 2.22. The lowest BCUT2D eigenvalue weighted by Crippen LogP contribution is -2.43. The van der Waals surface area contributed by atoms with E-state index in [0.29, 0.717) is 18.3 Å². The smallest absolute Gasteiger partial charge is 0.173 e. The van der Waals surface area contributed by atoms with E-state index in [1.54, 1.807) is 0 Å². The van der Waals surface area contributed by atoms with Gasteiger partial charge in [-0.15, -0.1) is 0 Å². The van der Waals surface area contributed by atoms with Crippen LogP contribution in [-0.2, 0) is 0 Å². The molecule has 0 amide bonds. The van der Waals surface area contributed by atoms with Crippen molar-refractivity contribution in [2.75, 3.05) is 25.5 Å². The van der Waals surface area contributed by atoms with Gasteiger partial charge in [0.1, 0.15) is 6.61 Å². The number of nitrogens with zero attached hydrogens (tertiary/aromatic N) is 1. The first-order valence-electron chi connectivity index (χ1n) is 7.59. The molecule has 4 nitrogen and oxygen atoms in total. The molecule has 1 aliphatic rings. The van der Waals surface area contributed by atoms with E-state index < -0.39 is 0 Å². The van der Waals surface area contributed by atoms with Crippen LogP contribution in [0.3, 0.4) is 0 Å². The Labute approximate surface area is 142 Å². The highest BCUT2D eigenvalue weighted by molar-refractivity contribution is 7.80. The monoisotopic (exact) mass is 328 g/mol. The van der Waals surface area contributed by atoms with E-state index in [-0.39, 0.29) is 6.10 Å². The number of likely N-dealkylation sites (N-methyl/N-ethyl adjacent to an activating group) is 1. The molecule has 3 rings (SSSR count). The molecule has 0 bridgehead atoms. The summed E-state index contributed by atoms with van der Waals surface area (Å²) < 4.78 is 11.7. The predicted octanol–water partition coefficient (Wildman–Crippen LogP) is 3.46. The predicted molar refractivity (Wildman–Crippen MR) is 96.4 cm³/mol. The van der Waals surface area contributed by atoms with Crippen molar-refractivity contribution in [2.24, 2.45) is 0 Å². The van der Waals surface area contributed by atoms with E-state index in [2.05, 4.69) is 18.3 Å². The first-order chi connectivity index (χ1) is 11.1. The van der Waals surface area contributed by atoms with Crippen molar-refractivity contribution < 1.29 is 9.47 Å². The molecule has 120 valence electrons. The van der Waals surface area contributed by atoms with Gasteiger partial charge in [0.15, 0.2) is 22.7 Å². The van der Waals surface area contributed by atoms with Gasteiger partial charge < -0.3 is 19.7 Å². The quantitative estimate of drug-likeness (QED) is 0.873. The summed E-state index contributed by atoms with van der Waals surface area (Å²) in [6, 6.07) is 15.8. The second-order valence-electron chi connectivity index (χ2n) is 5.62. The lowest BCUT2D eigenvalue weighted by Gasteiger charge is -2.30. The molecule has 1 atom stereocenters. The minimum atomic E-state index is -0.0495. The first-order valence-corrected chi connectivity index (χ1v) is 8.00. The van der Waals surface area contributed by atoms with Gasteiger partial charge in [-0.2, -0.15) is 0 Å². The molecule has 0 aromatic heterocycles. The second-order valence-corrected chi connectivity index (χ2v) is 6.01. The fraction of sp³-hybridized carbons (Fsp3) is 0.278. The summed E-state index contributed by atoms with van der Waals surface area (Å²) in [6.07, 6.45) is -0.0495. The number of hydrogen-bond acceptors (Lipinski definition) is 3. The summed E-state index contributed by atoms with van der Waals surface area (Å²) in [4.78, 5) is 1.98. The first kappa shape index (κ1) is 15.6. The Hall–Kier alpha value is -2.27. The second kappa shape index (κ2) is 6.87. The molecule has 0 aliphatic carbocycles. The van der Waals surface area contributed by atoms with Crippen LogP contribution in [0.25, 0.3) is 0 Å². The van der Waals surface area contributed by atoms with Crippen LogP contribution < -0.4 is 14.8 Å². The number of ether oxygens (including phenoxy) is 2. The Bertz CT molecular complexity index is 705. The molecule has 1 aliphatic heterocycles. The molecule has 1 N–H and O–H groups in total. The van der Waals surface area contributed by atoms with Crippen molar-refractivity contribution in [3.63, 3.8) is 0 Å². The molecular formula is C18H20N2O2S. The maximum Gasteiger partial charge on any atom is 0.173 e. The molecule has 0 radical (unpaired) electrons. The third-order valence-corrected chi connectivity index (χ3v) is 4.19. The number of anilines is 1. The normalized spacial score (nSPS) is 15.8. The van der Waals surface area contributed by atoms with Crippen molar-refractivity contribution in [3.05, 3.63) is 54.1 Å². The highest BCUT2D eigenvalue weighted by Crippen LogP contribution is 2.31. The molecule has 2 aromatic carbocycles. The number of rotatable bonds is 3. The molecule has 0 fully saturated rings. The van der Waals surface area contributed by atoms with Crippen molar-refractivity contribution in [3.8, 4) is 11.5 Å². The fourth-order valence-corrected chi connectivity index (χ4v) is 2.65. The lowest BCUT2D eigenvalue weighted by molar-refractivity contribution is 0.0784. The van der Waals surface area contributed by atoms with Crippen molar-refractivity contribution >= 4 is 23.0 Å². The van der Waals surface area contributed by atoms with Crippen LogP contribution in [0.4, 0.5) is 5.69 Å². The molecule has 2 aromatic rings. The third-order valence-electron chi connectivity index (χ3n) is 3.78. The standard InChI is InChI=1S/C18H20N2O2S/c1-13-7-3-4-8-15(13)19-18(23)20(2)11-14-12-21-16-9-5-6-10-17(16)22-14/h3-10,14H,11-12H2,1-2H3,(H,19,23)/t14-/m0/s1. The average Bonchev–Trinajstić information content (AvgIpc) is 2.56. The largest absolute Gasteiger partial charge is 0.486 e. The van der Waals surface area contributed by atoms with Crippen LogP contribution in [0.2, 0.25) is 0 Å². The summed E-state index contributed by atoms with van der Waals surface area (Å²) in [5, 5.41) is 3.95. The summed E-state index contributed by atoms with van der Waals surface area (Å²) >= 11 is 5.48. The van der Waals surface area contributed by atoms with E-state index in [9.17, 15) is 0 Å². The number of nitrogens with one attached hydrogen (secondary N) is 1. The van der Waals surface area contributed by atoms with Crippen molar-refractivity contribution in [1.29, 1.82) is 0 Å². The molecule has 0 saturated carbocycles. The summed E-state index contributed by atoms with van der Waals surface area (Å²) in [5.41, 5.74) is 2.19. The molecule has 0 unspecified atom stereocenters. The van der Waals surface area contributed by atoms with Crippen molar-refractivity contribution in [2.45, 2.75) is 13.0 Å². The van der Waals surface area contributed by atoms with Gasteiger partial charge in [0.2, 0.25) is 0 Å². The molecule has 23 heavy (non-hydrogen) atoms. The molecule has 0 saturated heterocycles. The summed E-state index contributed by atoms with van der Waals surface area (Å²) in [5.74, 6) is 1.59. The molecule has 5 heteroatoms. The number of benzene rings is 2. The number of fused-ring (bicyclic) bond motifs is 1. The lowest BCUT2D eigenvalue weighted by atomic mass is 10.2. The van der Waals surface area contributed by atoms with Gasteiger partial charge in [0.05, 0.1) is 6.54 Å². The minimum absolute atomic E-state index is 0.0495.